The van der Waals surface area contributed by atoms with Crippen molar-refractivity contribution >= 4 is 93.6 Å². The quantitative estimate of drug-likeness (QED) is 0.154. The molecule has 3 nitrogen and oxygen atoms in total. The lowest BCUT2D eigenvalue weighted by Crippen LogP contribution is -2.60. The molecule has 5 heteroatoms. The molecule has 3 aromatic heterocycles. The standard InChI is InChI=1S/C58H59BN2OS/c1-54(2,3)32-18-22-35(23-19-32)61-43-31-41-40(57(10,11)26-27-58(41,12)13)30-38(43)46-47-36-16-14-15-17-45(36)63-52(47)48-37-28-33(55(4,5)6)20-24-42(37)60-50-39-29-34(56(7,8)9)21-25-44(39)62-53(50)59(61)49(46)51(48)60/h14-25,28-31H,26-27H2,1-13H3. The lowest BCUT2D eigenvalue weighted by atomic mass is 9.46. The highest BCUT2D eigenvalue weighted by atomic mass is 32.1. The minimum atomic E-state index is -0.212. The van der Waals surface area contributed by atoms with Crippen molar-refractivity contribution in [3.63, 3.8) is 0 Å². The molecule has 2 aliphatic heterocycles. The summed E-state index contributed by atoms with van der Waals surface area (Å²) < 4.78 is 12.9. The van der Waals surface area contributed by atoms with Gasteiger partial charge in [0.25, 0.3) is 0 Å². The average Bonchev–Trinajstić information content (AvgIpc) is 3.90. The smallest absolute Gasteiger partial charge is 0.375 e. The zero-order valence-corrected chi connectivity index (χ0v) is 40.3. The van der Waals surface area contributed by atoms with E-state index in [1.807, 2.05) is 11.3 Å². The molecule has 0 saturated carbocycles. The van der Waals surface area contributed by atoms with Crippen LogP contribution >= 0.6 is 11.3 Å². The Morgan fingerprint density at radius 1 is 0.619 bits per heavy atom. The Labute approximate surface area is 377 Å². The molecular formula is C58H59BN2OS. The van der Waals surface area contributed by atoms with Crippen LogP contribution in [0, 0.1) is 0 Å². The van der Waals surface area contributed by atoms with Crippen molar-refractivity contribution in [3.05, 3.63) is 125 Å². The summed E-state index contributed by atoms with van der Waals surface area (Å²) in [5.41, 5.74) is 19.3. The summed E-state index contributed by atoms with van der Waals surface area (Å²) in [7, 11) is 0. The summed E-state index contributed by atoms with van der Waals surface area (Å²) >= 11 is 1.98. The van der Waals surface area contributed by atoms with Gasteiger partial charge < -0.3 is 13.8 Å². The number of furan rings is 1. The first-order chi connectivity index (χ1) is 29.6. The maximum absolute atomic E-state index is 7.49. The molecule has 0 N–H and O–H groups in total. The Morgan fingerprint density at radius 3 is 1.89 bits per heavy atom. The van der Waals surface area contributed by atoms with Crippen LogP contribution in [0.3, 0.4) is 0 Å². The maximum atomic E-state index is 7.49. The minimum Gasteiger partial charge on any atom is -0.466 e. The molecule has 0 spiro atoms. The summed E-state index contributed by atoms with van der Waals surface area (Å²) in [5, 5.41) is 6.60. The summed E-state index contributed by atoms with van der Waals surface area (Å²) in [6, 6.07) is 38.2. The van der Waals surface area contributed by atoms with Gasteiger partial charge in [0.15, 0.2) is 0 Å². The number of nitrogens with zero attached hydrogens (tertiary/aromatic N) is 2. The van der Waals surface area contributed by atoms with Crippen LogP contribution in [-0.4, -0.2) is 11.4 Å². The SMILES string of the molecule is CC(C)(C)c1ccc(N2B3c4oc5ccc(C(C)(C)C)cc5c4-n4c5ccc(C(C)(C)C)cc5c5c6sc7ccccc7c6c(c3c54)-c3cc4c(cc32)C(C)(C)CCC4(C)C)cc1. The number of aromatic nitrogens is 1. The molecule has 12 rings (SSSR count). The maximum Gasteiger partial charge on any atom is 0.375 e. The van der Waals surface area contributed by atoms with Gasteiger partial charge in [-0.25, -0.2) is 0 Å². The third kappa shape index (κ3) is 5.32. The molecule has 1 aliphatic carbocycles. The molecule has 9 aromatic rings. The zero-order valence-electron chi connectivity index (χ0n) is 39.4. The van der Waals surface area contributed by atoms with E-state index in [0.717, 1.165) is 17.7 Å². The summed E-state index contributed by atoms with van der Waals surface area (Å²) in [6.45, 7) is 30.6. The van der Waals surface area contributed by atoms with Crippen LogP contribution in [0.15, 0.2) is 101 Å². The minimum absolute atomic E-state index is 0.0114. The third-order valence-electron chi connectivity index (χ3n) is 15.5. The number of rotatable bonds is 1. The number of fused-ring (bicyclic) bond motifs is 16. The van der Waals surface area contributed by atoms with Gasteiger partial charge >= 0.3 is 6.85 Å². The highest BCUT2D eigenvalue weighted by molar-refractivity contribution is 7.27. The van der Waals surface area contributed by atoms with Gasteiger partial charge in [0.1, 0.15) is 11.2 Å². The average molecular weight is 843 g/mol. The Bertz CT molecular complexity index is 3460. The predicted octanol–water partition coefficient (Wildman–Crippen LogP) is 15.4. The molecule has 0 unspecified atom stereocenters. The van der Waals surface area contributed by atoms with E-state index in [4.69, 9.17) is 4.42 Å². The molecule has 3 aliphatic rings. The number of thiophene rings is 1. The second-order valence-corrected chi connectivity index (χ2v) is 24.7. The fourth-order valence-electron chi connectivity index (χ4n) is 11.7. The van der Waals surface area contributed by atoms with Crippen molar-refractivity contribution < 1.29 is 4.42 Å². The summed E-state index contributed by atoms with van der Waals surface area (Å²) in [5.74, 6) is 0. The molecule has 0 amide bonds. The lowest BCUT2D eigenvalue weighted by molar-refractivity contribution is 0.332. The molecule has 63 heavy (non-hydrogen) atoms. The molecule has 0 saturated heterocycles. The zero-order chi connectivity index (χ0) is 44.1. The van der Waals surface area contributed by atoms with Crippen LogP contribution < -0.4 is 15.9 Å². The number of hydrogen-bond donors (Lipinski definition) is 0. The molecule has 316 valence electrons. The molecule has 0 bridgehead atoms. The first-order valence-electron chi connectivity index (χ1n) is 23.3. The highest BCUT2D eigenvalue weighted by Gasteiger charge is 2.50. The number of anilines is 2. The third-order valence-corrected chi connectivity index (χ3v) is 16.7. The first-order valence-corrected chi connectivity index (χ1v) is 24.1. The van der Waals surface area contributed by atoms with Crippen molar-refractivity contribution in [1.29, 1.82) is 0 Å². The first kappa shape index (κ1) is 39.3. The van der Waals surface area contributed by atoms with E-state index in [-0.39, 0.29) is 33.9 Å². The van der Waals surface area contributed by atoms with Crippen molar-refractivity contribution in [2.24, 2.45) is 0 Å². The van der Waals surface area contributed by atoms with Crippen LogP contribution in [0.25, 0.3) is 69.8 Å². The van der Waals surface area contributed by atoms with E-state index in [2.05, 4.69) is 196 Å². The van der Waals surface area contributed by atoms with Gasteiger partial charge in [-0.1, -0.05) is 132 Å². The lowest BCUT2D eigenvalue weighted by Gasteiger charge is -2.46. The summed E-state index contributed by atoms with van der Waals surface area (Å²) in [4.78, 5) is 2.69. The normalized spacial score (nSPS) is 16.7. The predicted molar refractivity (Wildman–Crippen MR) is 274 cm³/mol. The van der Waals surface area contributed by atoms with E-state index in [0.29, 0.717) is 0 Å². The van der Waals surface area contributed by atoms with Gasteiger partial charge in [-0.2, -0.15) is 0 Å². The van der Waals surface area contributed by atoms with Crippen molar-refractivity contribution in [3.8, 4) is 16.8 Å². The fourth-order valence-corrected chi connectivity index (χ4v) is 12.9. The Balaban J connectivity index is 1.35. The second kappa shape index (κ2) is 12.3. The molecular weight excluding hydrogens is 784 g/mol. The number of benzene rings is 6. The topological polar surface area (TPSA) is 21.3 Å². The van der Waals surface area contributed by atoms with E-state index in [1.54, 1.807) is 0 Å². The van der Waals surface area contributed by atoms with Gasteiger partial charge in [0.05, 0.1) is 16.7 Å². The van der Waals surface area contributed by atoms with Gasteiger partial charge in [0, 0.05) is 53.3 Å². The van der Waals surface area contributed by atoms with Crippen molar-refractivity contribution in [2.75, 3.05) is 4.81 Å². The van der Waals surface area contributed by atoms with E-state index in [1.165, 1.54) is 115 Å². The van der Waals surface area contributed by atoms with Gasteiger partial charge in [-0.05, 0) is 133 Å². The van der Waals surface area contributed by atoms with Crippen LogP contribution in [0.5, 0.6) is 0 Å². The Kier molecular flexibility index (Phi) is 7.68. The van der Waals surface area contributed by atoms with Crippen molar-refractivity contribution in [1.82, 2.24) is 4.57 Å². The molecule has 0 fully saturated rings. The highest BCUT2D eigenvalue weighted by Crippen LogP contribution is 2.56. The molecule has 5 heterocycles. The van der Waals surface area contributed by atoms with Gasteiger partial charge in [0.2, 0.25) is 0 Å². The molecule has 0 atom stereocenters. The van der Waals surface area contributed by atoms with Crippen LogP contribution in [0.1, 0.15) is 131 Å². The largest absolute Gasteiger partial charge is 0.466 e. The van der Waals surface area contributed by atoms with E-state index >= 15 is 0 Å². The Morgan fingerprint density at radius 2 is 1.22 bits per heavy atom. The monoisotopic (exact) mass is 842 g/mol. The van der Waals surface area contributed by atoms with Gasteiger partial charge in [-0.15, -0.1) is 11.3 Å². The van der Waals surface area contributed by atoms with Crippen LogP contribution in [0.4, 0.5) is 11.4 Å². The molecule has 6 aromatic carbocycles. The summed E-state index contributed by atoms with van der Waals surface area (Å²) in [6.07, 6.45) is 2.32. The second-order valence-electron chi connectivity index (χ2n) is 23.7. The van der Waals surface area contributed by atoms with Crippen LogP contribution in [-0.2, 0) is 27.1 Å². The van der Waals surface area contributed by atoms with Gasteiger partial charge in [-0.3, -0.25) is 0 Å². The van der Waals surface area contributed by atoms with E-state index < -0.39 is 0 Å². The van der Waals surface area contributed by atoms with Crippen LogP contribution in [0.2, 0.25) is 0 Å². The molecule has 0 radical (unpaired) electrons. The fraction of sp³-hybridized carbons (Fsp3) is 0.345. The van der Waals surface area contributed by atoms with Crippen molar-refractivity contribution in [2.45, 2.75) is 130 Å². The van der Waals surface area contributed by atoms with E-state index in [9.17, 15) is 0 Å². The Hall–Kier alpha value is -5.26. The number of hydrogen-bond acceptors (Lipinski definition) is 3.